The molecule has 0 heterocycles. The molecular formula is C33H56O5S. The first-order valence-corrected chi connectivity index (χ1v) is 16.4. The van der Waals surface area contributed by atoms with E-state index in [4.69, 9.17) is 4.79 Å². The third kappa shape index (κ3) is 6.41. The van der Waals surface area contributed by atoms with Gasteiger partial charge in [-0.15, -0.1) is 0 Å². The number of hydrogen-bond acceptors (Lipinski definition) is 5. The molecule has 4 rings (SSSR count). The highest BCUT2D eigenvalue weighted by Crippen LogP contribution is 2.68. The van der Waals surface area contributed by atoms with Crippen LogP contribution in [-0.4, -0.2) is 35.0 Å². The van der Waals surface area contributed by atoms with Gasteiger partial charge in [0, 0.05) is 12.3 Å². The Morgan fingerprint density at radius 3 is 2.10 bits per heavy atom. The van der Waals surface area contributed by atoms with Gasteiger partial charge in [0.15, 0.2) is 10.9 Å². The van der Waals surface area contributed by atoms with Crippen molar-refractivity contribution in [2.24, 2.45) is 45.3 Å². The van der Waals surface area contributed by atoms with Crippen LogP contribution in [0.25, 0.3) is 0 Å². The lowest BCUT2D eigenvalue weighted by Gasteiger charge is -2.63. The molecule has 1 N–H and O–H groups in total. The molecule has 4 aliphatic carbocycles. The van der Waals surface area contributed by atoms with Crippen molar-refractivity contribution in [1.82, 2.24) is 0 Å². The molecular weight excluding hydrogens is 508 g/mol. The van der Waals surface area contributed by atoms with Crippen LogP contribution in [0, 0.1) is 45.3 Å². The third-order valence-corrected chi connectivity index (χ3v) is 11.8. The molecule has 0 bridgehead atoms. The maximum absolute atomic E-state index is 14.0. The molecule has 0 aromatic carbocycles. The monoisotopic (exact) mass is 564 g/mol. The Bertz CT molecular complexity index is 914. The minimum absolute atomic E-state index is 0.0593. The number of rotatable bonds is 4. The van der Waals surface area contributed by atoms with Crippen molar-refractivity contribution in [3.8, 4) is 0 Å². The van der Waals surface area contributed by atoms with Crippen LogP contribution in [0.5, 0.6) is 0 Å². The molecule has 3 saturated carbocycles. The molecule has 0 aromatic heterocycles. The Kier molecular flexibility index (Phi) is 12.7. The second-order valence-electron chi connectivity index (χ2n) is 12.9. The lowest BCUT2D eigenvalue weighted by molar-refractivity contribution is -0.157. The predicted octanol–water partition coefficient (Wildman–Crippen LogP) is 8.40. The topological polar surface area (TPSA) is 88.5 Å². The van der Waals surface area contributed by atoms with Crippen molar-refractivity contribution in [2.45, 2.75) is 120 Å². The predicted molar refractivity (Wildman–Crippen MR) is 163 cm³/mol. The smallest absolute Gasteiger partial charge is 0.309 e. The summed E-state index contributed by atoms with van der Waals surface area (Å²) in [5, 5.41) is 10.2. The average Bonchev–Trinajstić information content (AvgIpc) is 2.93. The lowest BCUT2D eigenvalue weighted by Crippen LogP contribution is -2.59. The Morgan fingerprint density at radius 1 is 0.974 bits per heavy atom. The van der Waals surface area contributed by atoms with Gasteiger partial charge in [-0.1, -0.05) is 72.7 Å². The molecule has 39 heavy (non-hydrogen) atoms. The average molecular weight is 565 g/mol. The van der Waals surface area contributed by atoms with Gasteiger partial charge in [-0.3, -0.25) is 14.4 Å². The molecule has 0 aromatic rings. The van der Waals surface area contributed by atoms with Gasteiger partial charge in [0.05, 0.1) is 5.41 Å². The molecule has 0 aliphatic heterocycles. The van der Waals surface area contributed by atoms with E-state index in [-0.39, 0.29) is 39.0 Å². The summed E-state index contributed by atoms with van der Waals surface area (Å²) in [6.07, 6.45) is 11.7. The maximum atomic E-state index is 14.0. The van der Waals surface area contributed by atoms with E-state index in [1.165, 1.54) is 17.3 Å². The number of thioether (sulfide) groups is 1. The molecule has 0 amide bonds. The van der Waals surface area contributed by atoms with Crippen molar-refractivity contribution >= 4 is 35.4 Å². The zero-order chi connectivity index (χ0) is 30.4. The van der Waals surface area contributed by atoms with Crippen molar-refractivity contribution in [1.29, 1.82) is 0 Å². The van der Waals surface area contributed by atoms with Crippen LogP contribution in [0.2, 0.25) is 0 Å². The van der Waals surface area contributed by atoms with Crippen molar-refractivity contribution in [2.75, 3.05) is 6.26 Å². The molecule has 0 radical (unpaired) electrons. The van der Waals surface area contributed by atoms with Crippen LogP contribution >= 0.6 is 11.8 Å². The minimum Gasteiger partial charge on any atom is -0.481 e. The van der Waals surface area contributed by atoms with Gasteiger partial charge in [0.25, 0.3) is 0 Å². The molecule has 7 unspecified atom stereocenters. The summed E-state index contributed by atoms with van der Waals surface area (Å²) >= 11 is 1.29. The number of aliphatic carboxylic acids is 1. The first-order valence-electron chi connectivity index (χ1n) is 15.2. The summed E-state index contributed by atoms with van der Waals surface area (Å²) in [5.41, 5.74) is 0.360. The maximum Gasteiger partial charge on any atom is 0.309 e. The van der Waals surface area contributed by atoms with E-state index in [9.17, 15) is 19.5 Å². The zero-order valence-corrected chi connectivity index (χ0v) is 27.3. The van der Waals surface area contributed by atoms with Crippen LogP contribution in [-0.2, 0) is 19.2 Å². The Morgan fingerprint density at radius 2 is 1.56 bits per heavy atom. The molecule has 0 saturated heterocycles. The first-order chi connectivity index (χ1) is 18.3. The Labute approximate surface area is 242 Å². The van der Waals surface area contributed by atoms with E-state index in [0.717, 1.165) is 44.9 Å². The van der Waals surface area contributed by atoms with E-state index < -0.39 is 11.4 Å². The summed E-state index contributed by atoms with van der Waals surface area (Å²) in [6, 6.07) is 0. The van der Waals surface area contributed by atoms with Gasteiger partial charge in [-0.05, 0) is 105 Å². The number of ketones is 1. The van der Waals surface area contributed by atoms with Gasteiger partial charge >= 0.3 is 5.97 Å². The number of allylic oxidation sites excluding steroid dienone is 2. The molecule has 5 nitrogen and oxygen atoms in total. The number of carboxylic acid groups (broad SMARTS) is 1. The van der Waals surface area contributed by atoms with Crippen LogP contribution in [0.3, 0.4) is 0 Å². The van der Waals surface area contributed by atoms with E-state index in [1.807, 2.05) is 53.7 Å². The van der Waals surface area contributed by atoms with Crippen molar-refractivity contribution in [3.05, 3.63) is 11.6 Å². The van der Waals surface area contributed by atoms with Gasteiger partial charge < -0.3 is 9.90 Å². The molecule has 4 aliphatic rings. The van der Waals surface area contributed by atoms with E-state index in [2.05, 4.69) is 27.7 Å². The summed E-state index contributed by atoms with van der Waals surface area (Å²) in [4.78, 5) is 46.3. The molecule has 224 valence electrons. The largest absolute Gasteiger partial charge is 0.481 e. The van der Waals surface area contributed by atoms with Gasteiger partial charge in [0.1, 0.15) is 6.79 Å². The van der Waals surface area contributed by atoms with Crippen LogP contribution < -0.4 is 0 Å². The first kappa shape index (κ1) is 35.6. The summed E-state index contributed by atoms with van der Waals surface area (Å²) < 4.78 is 0. The zero-order valence-electron chi connectivity index (χ0n) is 26.4. The highest BCUT2D eigenvalue weighted by molar-refractivity contribution is 8.13. The molecule has 6 heteroatoms. The fourth-order valence-corrected chi connectivity index (χ4v) is 8.83. The van der Waals surface area contributed by atoms with Crippen LogP contribution in [0.15, 0.2) is 11.6 Å². The van der Waals surface area contributed by atoms with Crippen LogP contribution in [0.4, 0.5) is 0 Å². The highest BCUT2D eigenvalue weighted by Gasteiger charge is 2.63. The fourth-order valence-electron chi connectivity index (χ4n) is 8.52. The number of fused-ring (bicyclic) bond motifs is 5. The number of carboxylic acids is 1. The Hall–Kier alpha value is -1.43. The summed E-state index contributed by atoms with van der Waals surface area (Å²) in [7, 11) is 0. The SMILES string of the molecule is C=O.CC.CC.CSC(=O)CCC1(C)C(C)CCC2(C)C3CCC4(C)CC[C@](C)(C(=O)O)CC4C3=CC(=O)C12. The molecule has 0 spiro atoms. The van der Waals surface area contributed by atoms with Crippen molar-refractivity contribution in [3.63, 3.8) is 0 Å². The van der Waals surface area contributed by atoms with Crippen molar-refractivity contribution < 1.29 is 24.3 Å². The summed E-state index contributed by atoms with van der Waals surface area (Å²) in [6.45, 7) is 21.1. The number of carbonyl (C=O) groups is 4. The molecule has 8 atom stereocenters. The number of hydrogen-bond donors (Lipinski definition) is 1. The van der Waals surface area contributed by atoms with E-state index >= 15 is 0 Å². The lowest BCUT2D eigenvalue weighted by atomic mass is 9.40. The second-order valence-corrected chi connectivity index (χ2v) is 13.7. The number of carbonyl (C=O) groups excluding carboxylic acids is 3. The highest BCUT2D eigenvalue weighted by atomic mass is 32.2. The molecule has 3 fully saturated rings. The van der Waals surface area contributed by atoms with Gasteiger partial charge in [-0.2, -0.15) is 0 Å². The van der Waals surface area contributed by atoms with Crippen LogP contribution in [0.1, 0.15) is 120 Å². The normalized spacial score (nSPS) is 40.3. The van der Waals surface area contributed by atoms with E-state index in [0.29, 0.717) is 24.7 Å². The second kappa shape index (κ2) is 14.0. The summed E-state index contributed by atoms with van der Waals surface area (Å²) in [5.74, 6) is 0.408. The Balaban J connectivity index is 0.00000119. The van der Waals surface area contributed by atoms with Gasteiger partial charge in [0.2, 0.25) is 0 Å². The van der Waals surface area contributed by atoms with Gasteiger partial charge in [-0.25, -0.2) is 0 Å². The fraction of sp³-hybridized carbons (Fsp3) is 0.818. The van der Waals surface area contributed by atoms with E-state index in [1.54, 1.807) is 0 Å². The third-order valence-electron chi connectivity index (χ3n) is 11.1. The standard InChI is InChI=1S/C28H42O4S.2C2H6.CH2O/c1-17-7-11-28(5)19-8-10-25(2)13-14-26(3,24(31)32)16-20(25)18(19)15-21(29)23(28)27(17,4)12-9-22(30)33-6;3*1-2/h15,17,19-20,23H,7-14,16H2,1-6H3,(H,31,32);2*1-2H3;1H2/t17?,19?,20?,23?,25?,26-,27?,28?;;;/m0.../s1. The quantitative estimate of drug-likeness (QED) is 0.369. The minimum atomic E-state index is -0.707.